The second-order valence-corrected chi connectivity index (χ2v) is 5.10. The number of aryl methyl sites for hydroxylation is 1. The summed E-state index contributed by atoms with van der Waals surface area (Å²) < 4.78 is 35.2. The second-order valence-electron chi connectivity index (χ2n) is 5.10. The van der Waals surface area contributed by atoms with Gasteiger partial charge in [0, 0.05) is 30.1 Å². The maximum Gasteiger partial charge on any atom is 0.586 e. The Balaban J connectivity index is 1.85. The molecule has 23 heavy (non-hydrogen) atoms. The molecule has 4 rings (SSSR count). The topological polar surface area (TPSA) is 57.1 Å². The maximum atomic E-state index is 13.1. The molecule has 116 valence electrons. The smallest absolute Gasteiger partial charge is 0.395 e. The van der Waals surface area contributed by atoms with E-state index in [9.17, 15) is 8.78 Å². The number of nitrogens with zero attached hydrogens (tertiary/aromatic N) is 3. The molecule has 0 N–H and O–H groups in total. The summed E-state index contributed by atoms with van der Waals surface area (Å²) in [7, 11) is 0. The number of benzene rings is 1. The number of aromatic nitrogens is 3. The number of halogens is 2. The highest BCUT2D eigenvalue weighted by Crippen LogP contribution is 2.42. The Hall–Kier alpha value is -2.83. The van der Waals surface area contributed by atoms with Crippen molar-refractivity contribution in [2.24, 2.45) is 0 Å². The zero-order valence-corrected chi connectivity index (χ0v) is 12.1. The van der Waals surface area contributed by atoms with Crippen LogP contribution in [0.2, 0.25) is 0 Å². The number of alkyl halides is 2. The minimum Gasteiger partial charge on any atom is -0.395 e. The summed E-state index contributed by atoms with van der Waals surface area (Å²) in [6.45, 7) is 2.02. The molecule has 3 aromatic rings. The molecule has 3 heterocycles. The molecule has 0 spiro atoms. The van der Waals surface area contributed by atoms with E-state index >= 15 is 0 Å². The quantitative estimate of drug-likeness (QED) is 0.723. The van der Waals surface area contributed by atoms with Gasteiger partial charge in [0.15, 0.2) is 11.5 Å². The van der Waals surface area contributed by atoms with Crippen molar-refractivity contribution in [2.45, 2.75) is 19.6 Å². The predicted octanol–water partition coefficient (Wildman–Crippen LogP) is 3.58. The van der Waals surface area contributed by atoms with Crippen molar-refractivity contribution in [1.29, 1.82) is 0 Å². The highest BCUT2D eigenvalue weighted by molar-refractivity contribution is 5.81. The Kier molecular flexibility index (Phi) is 2.90. The Bertz CT molecular complexity index is 915. The lowest BCUT2D eigenvalue weighted by Gasteiger charge is -2.07. The van der Waals surface area contributed by atoms with E-state index in [2.05, 4.69) is 24.4 Å². The van der Waals surface area contributed by atoms with Crippen LogP contribution < -0.4 is 9.47 Å². The molecule has 1 aliphatic rings. The molecule has 0 atom stereocenters. The van der Waals surface area contributed by atoms with Crippen molar-refractivity contribution in [3.8, 4) is 22.8 Å². The summed E-state index contributed by atoms with van der Waals surface area (Å²) in [5.74, 6) is -0.0814. The van der Waals surface area contributed by atoms with Crippen molar-refractivity contribution in [2.75, 3.05) is 0 Å². The molecule has 1 aromatic carbocycles. The van der Waals surface area contributed by atoms with Crippen LogP contribution in [-0.4, -0.2) is 21.2 Å². The van der Waals surface area contributed by atoms with Gasteiger partial charge in [-0.1, -0.05) is 6.92 Å². The van der Waals surface area contributed by atoms with Gasteiger partial charge in [0.05, 0.1) is 22.9 Å². The first-order chi connectivity index (χ1) is 11.1. The minimum atomic E-state index is -3.65. The molecule has 0 aliphatic carbocycles. The molecule has 0 saturated carbocycles. The summed E-state index contributed by atoms with van der Waals surface area (Å²) in [5, 5.41) is 0. The number of ether oxygens (including phenoxy) is 2. The first kappa shape index (κ1) is 13.8. The molecule has 0 bridgehead atoms. The van der Waals surface area contributed by atoms with Crippen LogP contribution in [0.1, 0.15) is 12.5 Å². The normalized spacial score (nSPS) is 15.1. The maximum absolute atomic E-state index is 13.1. The summed E-state index contributed by atoms with van der Waals surface area (Å²) in [5.41, 5.74) is 3.53. The lowest BCUT2D eigenvalue weighted by molar-refractivity contribution is -0.286. The average molecular weight is 315 g/mol. The Morgan fingerprint density at radius 3 is 2.57 bits per heavy atom. The molecule has 1 aliphatic heterocycles. The zero-order chi connectivity index (χ0) is 16.0. The van der Waals surface area contributed by atoms with Crippen LogP contribution in [0.5, 0.6) is 11.5 Å². The molecule has 0 saturated heterocycles. The molecular weight excluding hydrogens is 304 g/mol. The highest BCUT2D eigenvalue weighted by Gasteiger charge is 2.43. The van der Waals surface area contributed by atoms with Crippen molar-refractivity contribution in [3.05, 3.63) is 42.4 Å². The van der Waals surface area contributed by atoms with E-state index in [-0.39, 0.29) is 11.5 Å². The Morgan fingerprint density at radius 1 is 1.09 bits per heavy atom. The van der Waals surface area contributed by atoms with Crippen LogP contribution in [-0.2, 0) is 6.42 Å². The van der Waals surface area contributed by atoms with E-state index in [0.717, 1.165) is 17.5 Å². The van der Waals surface area contributed by atoms with Gasteiger partial charge in [0.25, 0.3) is 0 Å². The van der Waals surface area contributed by atoms with E-state index in [1.807, 2.05) is 13.0 Å². The standard InChI is InChI=1S/C16H11F2N3O2/c1-2-9-7-19-4-3-10(9)13-8-20-11-5-14-15(6-12(11)21-13)23-16(17,18)22-14/h3-8H,2H2,1H3. The van der Waals surface area contributed by atoms with Crippen LogP contribution in [0.4, 0.5) is 8.78 Å². The third-order valence-electron chi connectivity index (χ3n) is 3.63. The van der Waals surface area contributed by atoms with E-state index in [4.69, 9.17) is 0 Å². The summed E-state index contributed by atoms with van der Waals surface area (Å²) >= 11 is 0. The van der Waals surface area contributed by atoms with Crippen LogP contribution in [0, 0.1) is 0 Å². The van der Waals surface area contributed by atoms with Gasteiger partial charge in [-0.25, -0.2) is 4.98 Å². The first-order valence-corrected chi connectivity index (χ1v) is 7.05. The predicted molar refractivity (Wildman–Crippen MR) is 78.4 cm³/mol. The van der Waals surface area contributed by atoms with Crippen molar-refractivity contribution in [3.63, 3.8) is 0 Å². The van der Waals surface area contributed by atoms with E-state index in [0.29, 0.717) is 16.7 Å². The van der Waals surface area contributed by atoms with Gasteiger partial charge in [0.1, 0.15) is 0 Å². The zero-order valence-electron chi connectivity index (χ0n) is 12.1. The fourth-order valence-corrected chi connectivity index (χ4v) is 2.55. The summed E-state index contributed by atoms with van der Waals surface area (Å²) in [4.78, 5) is 12.9. The van der Waals surface area contributed by atoms with Gasteiger partial charge >= 0.3 is 6.29 Å². The number of pyridine rings is 1. The van der Waals surface area contributed by atoms with E-state index in [1.54, 1.807) is 18.6 Å². The van der Waals surface area contributed by atoms with Gasteiger partial charge in [-0.3, -0.25) is 9.97 Å². The molecule has 0 unspecified atom stereocenters. The monoisotopic (exact) mass is 315 g/mol. The molecule has 7 heteroatoms. The minimum absolute atomic E-state index is 0.0392. The molecule has 0 fully saturated rings. The molecule has 2 aromatic heterocycles. The van der Waals surface area contributed by atoms with Gasteiger partial charge in [-0.15, -0.1) is 8.78 Å². The lowest BCUT2D eigenvalue weighted by atomic mass is 10.1. The Morgan fingerprint density at radius 2 is 1.83 bits per heavy atom. The first-order valence-electron chi connectivity index (χ1n) is 7.05. The SMILES string of the molecule is CCc1cnccc1-c1cnc2cc3c(cc2n1)OC(F)(F)O3. The number of hydrogen-bond acceptors (Lipinski definition) is 5. The lowest BCUT2D eigenvalue weighted by Crippen LogP contribution is -2.25. The van der Waals surface area contributed by atoms with E-state index in [1.165, 1.54) is 12.1 Å². The second kappa shape index (κ2) is 4.84. The van der Waals surface area contributed by atoms with Crippen molar-refractivity contribution < 1.29 is 18.3 Å². The highest BCUT2D eigenvalue weighted by atomic mass is 19.3. The van der Waals surface area contributed by atoms with Crippen LogP contribution in [0.25, 0.3) is 22.3 Å². The van der Waals surface area contributed by atoms with Gasteiger partial charge in [-0.05, 0) is 18.1 Å². The molecule has 0 radical (unpaired) electrons. The van der Waals surface area contributed by atoms with E-state index < -0.39 is 6.29 Å². The third kappa shape index (κ3) is 2.34. The Labute approximate surface area is 129 Å². The van der Waals surface area contributed by atoms with Gasteiger partial charge in [-0.2, -0.15) is 0 Å². The largest absolute Gasteiger partial charge is 0.586 e. The van der Waals surface area contributed by atoms with Crippen molar-refractivity contribution >= 4 is 11.0 Å². The molecule has 5 nitrogen and oxygen atoms in total. The number of hydrogen-bond donors (Lipinski definition) is 0. The number of fused-ring (bicyclic) bond motifs is 2. The van der Waals surface area contributed by atoms with Crippen LogP contribution in [0.15, 0.2) is 36.8 Å². The fraction of sp³-hybridized carbons (Fsp3) is 0.188. The molecule has 0 amide bonds. The van der Waals surface area contributed by atoms with Gasteiger partial charge < -0.3 is 9.47 Å². The summed E-state index contributed by atoms with van der Waals surface area (Å²) in [6.07, 6.45) is 2.22. The third-order valence-corrected chi connectivity index (χ3v) is 3.63. The van der Waals surface area contributed by atoms with Crippen molar-refractivity contribution in [1.82, 2.24) is 15.0 Å². The average Bonchev–Trinajstić information content (AvgIpc) is 2.84. The number of rotatable bonds is 2. The van der Waals surface area contributed by atoms with Crippen LogP contribution in [0.3, 0.4) is 0 Å². The summed E-state index contributed by atoms with van der Waals surface area (Å²) in [6, 6.07) is 4.67. The molecular formula is C16H11F2N3O2. The van der Waals surface area contributed by atoms with Crippen LogP contribution >= 0.6 is 0 Å². The van der Waals surface area contributed by atoms with Gasteiger partial charge in [0.2, 0.25) is 0 Å². The fourth-order valence-electron chi connectivity index (χ4n) is 2.55.